The molecule has 0 saturated carbocycles. The molecule has 1 fully saturated rings. The molecular formula is C18H23NO5. The quantitative estimate of drug-likeness (QED) is 0.874. The fourth-order valence-electron chi connectivity index (χ4n) is 3.26. The molecular weight excluding hydrogens is 310 g/mol. The Hall–Kier alpha value is -2.08. The number of carboxylic acid groups (broad SMARTS) is 1. The molecule has 2 N–H and O–H groups in total. The Balaban J connectivity index is 1.63. The lowest BCUT2D eigenvalue weighted by Crippen LogP contribution is -2.49. The molecule has 1 aromatic rings. The number of ether oxygens (including phenoxy) is 2. The first-order valence-corrected chi connectivity index (χ1v) is 8.27. The van der Waals surface area contributed by atoms with Crippen molar-refractivity contribution in [2.75, 3.05) is 19.8 Å². The summed E-state index contributed by atoms with van der Waals surface area (Å²) in [7, 11) is 0. The van der Waals surface area contributed by atoms with Crippen LogP contribution in [0.1, 0.15) is 29.5 Å². The number of carbonyl (C=O) groups is 2. The molecule has 1 atom stereocenters. The van der Waals surface area contributed by atoms with E-state index in [4.69, 9.17) is 9.47 Å². The molecule has 130 valence electrons. The van der Waals surface area contributed by atoms with Gasteiger partial charge in [0.15, 0.2) is 6.10 Å². The van der Waals surface area contributed by atoms with Gasteiger partial charge in [-0.15, -0.1) is 0 Å². The summed E-state index contributed by atoms with van der Waals surface area (Å²) >= 11 is 0. The van der Waals surface area contributed by atoms with E-state index in [0.717, 1.165) is 16.9 Å². The zero-order valence-electron chi connectivity index (χ0n) is 14.1. The molecule has 1 unspecified atom stereocenters. The van der Waals surface area contributed by atoms with E-state index in [1.807, 2.05) is 19.9 Å². The Morgan fingerprint density at radius 1 is 1.25 bits per heavy atom. The largest absolute Gasteiger partial charge is 0.481 e. The zero-order valence-corrected chi connectivity index (χ0v) is 14.1. The Bertz CT molecular complexity index is 633. The van der Waals surface area contributed by atoms with Crippen LogP contribution in [0.2, 0.25) is 0 Å². The first kappa shape index (κ1) is 16.8. The molecule has 0 bridgehead atoms. The average molecular weight is 333 g/mol. The van der Waals surface area contributed by atoms with Crippen LogP contribution >= 0.6 is 0 Å². The van der Waals surface area contributed by atoms with Gasteiger partial charge in [-0.25, -0.2) is 0 Å². The summed E-state index contributed by atoms with van der Waals surface area (Å²) in [5.74, 6) is -0.390. The third-order valence-electron chi connectivity index (χ3n) is 5.15. The van der Waals surface area contributed by atoms with Crippen LogP contribution < -0.4 is 10.1 Å². The maximum Gasteiger partial charge on any atom is 0.311 e. The number of benzene rings is 1. The highest BCUT2D eigenvalue weighted by atomic mass is 16.5. The van der Waals surface area contributed by atoms with Crippen LogP contribution in [-0.2, 0) is 20.7 Å². The van der Waals surface area contributed by atoms with E-state index in [1.165, 1.54) is 5.56 Å². The zero-order chi connectivity index (χ0) is 17.3. The van der Waals surface area contributed by atoms with E-state index in [9.17, 15) is 14.7 Å². The van der Waals surface area contributed by atoms with Gasteiger partial charge in [0.1, 0.15) is 5.75 Å². The fourth-order valence-corrected chi connectivity index (χ4v) is 3.26. The molecule has 24 heavy (non-hydrogen) atoms. The summed E-state index contributed by atoms with van der Waals surface area (Å²) in [5.41, 5.74) is 2.39. The molecule has 0 radical (unpaired) electrons. The van der Waals surface area contributed by atoms with Crippen LogP contribution in [0.25, 0.3) is 0 Å². The molecule has 0 aliphatic carbocycles. The van der Waals surface area contributed by atoms with Crippen LogP contribution in [0.15, 0.2) is 12.1 Å². The first-order chi connectivity index (χ1) is 11.4. The maximum atomic E-state index is 12.4. The lowest BCUT2D eigenvalue weighted by atomic mass is 9.80. The predicted octanol–water partition coefficient (Wildman–Crippen LogP) is 1.60. The second-order valence-electron chi connectivity index (χ2n) is 6.77. The molecule has 2 aliphatic rings. The van der Waals surface area contributed by atoms with Crippen molar-refractivity contribution in [3.05, 3.63) is 28.8 Å². The number of carbonyl (C=O) groups excluding carboxylic acids is 1. The van der Waals surface area contributed by atoms with Gasteiger partial charge in [0.05, 0.1) is 5.41 Å². The highest BCUT2D eigenvalue weighted by Crippen LogP contribution is 2.33. The van der Waals surface area contributed by atoms with Crippen molar-refractivity contribution in [2.24, 2.45) is 5.41 Å². The number of hydrogen-bond acceptors (Lipinski definition) is 4. The molecule has 0 spiro atoms. The standard InChI is InChI=1S/C18H23NO5/c1-11-7-13-9-15(24-14(13)8-12(11)2)16(20)19-10-18(17(21)22)3-5-23-6-4-18/h7-8,15H,3-6,9-10H2,1-2H3,(H,19,20)(H,21,22). The van der Waals surface area contributed by atoms with Gasteiger partial charge in [-0.3, -0.25) is 9.59 Å². The number of hydrogen-bond donors (Lipinski definition) is 2. The predicted molar refractivity (Wildman–Crippen MR) is 87.2 cm³/mol. The Morgan fingerprint density at radius 3 is 2.58 bits per heavy atom. The lowest BCUT2D eigenvalue weighted by molar-refractivity contribution is -0.155. The summed E-state index contributed by atoms with van der Waals surface area (Å²) in [5, 5.41) is 12.3. The summed E-state index contributed by atoms with van der Waals surface area (Å²) in [6.45, 7) is 4.97. The molecule has 1 aromatic carbocycles. The van der Waals surface area contributed by atoms with Crippen molar-refractivity contribution in [3.8, 4) is 5.75 Å². The molecule has 0 aromatic heterocycles. The minimum absolute atomic E-state index is 0.110. The van der Waals surface area contributed by atoms with Gasteiger partial charge in [-0.1, -0.05) is 6.07 Å². The summed E-state index contributed by atoms with van der Waals surface area (Å²) in [4.78, 5) is 24.1. The number of aryl methyl sites for hydroxylation is 2. The second-order valence-corrected chi connectivity index (χ2v) is 6.77. The second kappa shape index (κ2) is 6.43. The van der Waals surface area contributed by atoms with E-state index in [0.29, 0.717) is 32.5 Å². The molecule has 2 heterocycles. The minimum atomic E-state index is -0.938. The lowest BCUT2D eigenvalue weighted by Gasteiger charge is -2.33. The smallest absolute Gasteiger partial charge is 0.311 e. The van der Waals surface area contributed by atoms with Crippen LogP contribution in [0.3, 0.4) is 0 Å². The molecule has 6 heteroatoms. The van der Waals surface area contributed by atoms with Crippen molar-refractivity contribution in [1.82, 2.24) is 5.32 Å². The van der Waals surface area contributed by atoms with E-state index >= 15 is 0 Å². The van der Waals surface area contributed by atoms with E-state index in [1.54, 1.807) is 0 Å². The Kier molecular flexibility index (Phi) is 4.49. The van der Waals surface area contributed by atoms with Crippen molar-refractivity contribution in [2.45, 2.75) is 39.2 Å². The molecule has 1 amide bonds. The fraction of sp³-hybridized carbons (Fsp3) is 0.556. The van der Waals surface area contributed by atoms with Crippen LogP contribution in [0, 0.1) is 19.3 Å². The molecule has 1 saturated heterocycles. The minimum Gasteiger partial charge on any atom is -0.481 e. The van der Waals surface area contributed by atoms with E-state index < -0.39 is 17.5 Å². The van der Waals surface area contributed by atoms with Gasteiger partial charge in [0.2, 0.25) is 0 Å². The number of rotatable bonds is 4. The number of amides is 1. The Morgan fingerprint density at radius 2 is 1.92 bits per heavy atom. The monoisotopic (exact) mass is 333 g/mol. The highest BCUT2D eigenvalue weighted by Gasteiger charge is 2.41. The molecule has 2 aliphatic heterocycles. The number of nitrogens with one attached hydrogen (secondary N) is 1. The molecule has 3 rings (SSSR count). The summed E-state index contributed by atoms with van der Waals surface area (Å²) in [6, 6.07) is 4.00. The van der Waals surface area contributed by atoms with Gasteiger partial charge in [-0.2, -0.15) is 0 Å². The topological polar surface area (TPSA) is 84.9 Å². The molecule has 6 nitrogen and oxygen atoms in total. The van der Waals surface area contributed by atoms with Gasteiger partial charge in [-0.05, 0) is 49.4 Å². The average Bonchev–Trinajstić information content (AvgIpc) is 2.96. The van der Waals surface area contributed by atoms with Gasteiger partial charge < -0.3 is 19.9 Å². The SMILES string of the molecule is Cc1cc2c(cc1C)OC(C(=O)NCC1(C(=O)O)CCOCC1)C2. The van der Waals surface area contributed by atoms with Crippen molar-refractivity contribution in [3.63, 3.8) is 0 Å². The normalized spacial score (nSPS) is 21.7. The van der Waals surface area contributed by atoms with E-state index in [2.05, 4.69) is 11.4 Å². The first-order valence-electron chi connectivity index (χ1n) is 8.27. The maximum absolute atomic E-state index is 12.4. The van der Waals surface area contributed by atoms with Crippen LogP contribution in [-0.4, -0.2) is 42.8 Å². The summed E-state index contributed by atoms with van der Waals surface area (Å²) < 4.78 is 11.0. The number of fused-ring (bicyclic) bond motifs is 1. The van der Waals surface area contributed by atoms with Crippen molar-refractivity contribution in [1.29, 1.82) is 0 Å². The van der Waals surface area contributed by atoms with Gasteiger partial charge in [0, 0.05) is 26.2 Å². The third-order valence-corrected chi connectivity index (χ3v) is 5.15. The number of aliphatic carboxylic acids is 1. The Labute approximate surface area is 141 Å². The summed E-state index contributed by atoms with van der Waals surface area (Å²) in [6.07, 6.45) is 0.747. The van der Waals surface area contributed by atoms with E-state index in [-0.39, 0.29) is 12.5 Å². The number of carboxylic acids is 1. The van der Waals surface area contributed by atoms with Crippen molar-refractivity contribution >= 4 is 11.9 Å². The van der Waals surface area contributed by atoms with Crippen molar-refractivity contribution < 1.29 is 24.2 Å². The van der Waals surface area contributed by atoms with Crippen LogP contribution in [0.4, 0.5) is 0 Å². The van der Waals surface area contributed by atoms with Gasteiger partial charge >= 0.3 is 5.97 Å². The van der Waals surface area contributed by atoms with Gasteiger partial charge in [0.25, 0.3) is 5.91 Å². The van der Waals surface area contributed by atoms with Crippen LogP contribution in [0.5, 0.6) is 5.75 Å². The highest BCUT2D eigenvalue weighted by molar-refractivity contribution is 5.83. The third kappa shape index (κ3) is 3.11.